The summed E-state index contributed by atoms with van der Waals surface area (Å²) in [5.74, 6) is -0.992. The Bertz CT molecular complexity index is 1240. The molecule has 0 bridgehead atoms. The third-order valence-electron chi connectivity index (χ3n) is 5.22. The van der Waals surface area contributed by atoms with Crippen LogP contribution in [0.15, 0.2) is 84.2 Å². The fraction of sp³-hybridized carbons (Fsp3) is 0.111. The van der Waals surface area contributed by atoms with Gasteiger partial charge in [0.1, 0.15) is 0 Å². The Hall–Kier alpha value is -3.50. The highest BCUT2D eigenvalue weighted by atomic mass is 32.1. The first-order chi connectivity index (χ1) is 15.0. The van der Waals surface area contributed by atoms with Gasteiger partial charge in [0.25, 0.3) is 0 Å². The van der Waals surface area contributed by atoms with E-state index < -0.39 is 11.6 Å². The van der Waals surface area contributed by atoms with E-state index in [0.29, 0.717) is 11.1 Å². The molecule has 0 aliphatic rings. The number of hydrogen-bond acceptors (Lipinski definition) is 4. The number of nitrogens with zero attached hydrogens (tertiary/aromatic N) is 1. The van der Waals surface area contributed by atoms with Gasteiger partial charge in [-0.1, -0.05) is 48.5 Å². The van der Waals surface area contributed by atoms with Gasteiger partial charge in [-0.05, 0) is 53.8 Å². The van der Waals surface area contributed by atoms with Crippen molar-refractivity contribution < 1.29 is 9.59 Å². The number of Topliss-reactive ketones (excluding diaryl/α,β-unsaturated/α-hetero) is 2. The summed E-state index contributed by atoms with van der Waals surface area (Å²) in [6.07, 6.45) is 0. The lowest BCUT2D eigenvalue weighted by Crippen LogP contribution is -2.16. The maximum Gasteiger partial charge on any atom is 0.234 e. The van der Waals surface area contributed by atoms with E-state index in [0.717, 1.165) is 27.3 Å². The van der Waals surface area contributed by atoms with Crippen LogP contribution < -0.4 is 4.90 Å². The van der Waals surface area contributed by atoms with E-state index in [9.17, 15) is 9.59 Å². The van der Waals surface area contributed by atoms with E-state index in [1.54, 1.807) is 29.5 Å². The van der Waals surface area contributed by atoms with Crippen LogP contribution in [0, 0.1) is 6.92 Å². The lowest BCUT2D eigenvalue weighted by Gasteiger charge is -2.14. The lowest BCUT2D eigenvalue weighted by atomic mass is 9.89. The molecule has 3 aromatic carbocycles. The first-order valence-electron chi connectivity index (χ1n) is 10.1. The summed E-state index contributed by atoms with van der Waals surface area (Å²) in [4.78, 5) is 29.5. The maximum atomic E-state index is 13.4. The van der Waals surface area contributed by atoms with Crippen molar-refractivity contribution in [2.75, 3.05) is 19.0 Å². The molecule has 0 aliphatic carbocycles. The number of anilines is 1. The molecule has 0 atom stereocenters. The highest BCUT2D eigenvalue weighted by Gasteiger charge is 2.24. The molecule has 4 rings (SSSR count). The van der Waals surface area contributed by atoms with Gasteiger partial charge < -0.3 is 4.90 Å². The average Bonchev–Trinajstić information content (AvgIpc) is 3.24. The van der Waals surface area contributed by atoms with Gasteiger partial charge in [0.05, 0.1) is 0 Å². The van der Waals surface area contributed by atoms with Gasteiger partial charge in [0.15, 0.2) is 0 Å². The molecular formula is C27H23NO2S. The van der Waals surface area contributed by atoms with Crippen molar-refractivity contribution >= 4 is 28.6 Å². The van der Waals surface area contributed by atoms with Crippen LogP contribution in [0.25, 0.3) is 21.6 Å². The molecule has 0 saturated heterocycles. The van der Waals surface area contributed by atoms with E-state index in [1.807, 2.05) is 73.6 Å². The highest BCUT2D eigenvalue weighted by molar-refractivity contribution is 7.13. The largest absolute Gasteiger partial charge is 0.378 e. The Morgan fingerprint density at radius 3 is 2.13 bits per heavy atom. The molecule has 4 aromatic rings. The zero-order valence-electron chi connectivity index (χ0n) is 17.8. The molecule has 0 fully saturated rings. The minimum Gasteiger partial charge on any atom is -0.378 e. The SMILES string of the molecule is Cc1csc(-c2cccc(C(=O)C(=O)c3ccc(N(C)C)cc3)c2-c2ccccc2)c1. The zero-order valence-corrected chi connectivity index (χ0v) is 18.6. The van der Waals surface area contributed by atoms with Crippen LogP contribution in [0.4, 0.5) is 5.69 Å². The van der Waals surface area contributed by atoms with Crippen molar-refractivity contribution in [3.63, 3.8) is 0 Å². The van der Waals surface area contributed by atoms with Crippen molar-refractivity contribution in [3.8, 4) is 21.6 Å². The van der Waals surface area contributed by atoms with E-state index in [4.69, 9.17) is 0 Å². The molecule has 31 heavy (non-hydrogen) atoms. The van der Waals surface area contributed by atoms with Crippen LogP contribution >= 0.6 is 11.3 Å². The second-order valence-electron chi connectivity index (χ2n) is 7.68. The molecule has 1 heterocycles. The van der Waals surface area contributed by atoms with Gasteiger partial charge in [-0.2, -0.15) is 0 Å². The molecule has 1 aromatic heterocycles. The molecule has 0 aliphatic heterocycles. The maximum absolute atomic E-state index is 13.4. The molecule has 0 saturated carbocycles. The number of carbonyl (C=O) groups is 2. The van der Waals surface area contributed by atoms with Crippen LogP contribution in [-0.4, -0.2) is 25.7 Å². The van der Waals surface area contributed by atoms with Gasteiger partial charge in [-0.15, -0.1) is 11.3 Å². The molecular weight excluding hydrogens is 402 g/mol. The van der Waals surface area contributed by atoms with Crippen molar-refractivity contribution in [3.05, 3.63) is 101 Å². The van der Waals surface area contributed by atoms with Crippen molar-refractivity contribution in [2.45, 2.75) is 6.92 Å². The molecule has 0 spiro atoms. The van der Waals surface area contributed by atoms with Gasteiger partial charge in [-0.25, -0.2) is 0 Å². The molecule has 0 amide bonds. The van der Waals surface area contributed by atoms with Gasteiger partial charge >= 0.3 is 0 Å². The summed E-state index contributed by atoms with van der Waals surface area (Å²) in [5.41, 5.74) is 5.66. The standard InChI is InChI=1S/C27H23NO2S/c1-18-16-24(31-17-18)22-10-7-11-23(25(22)19-8-5-4-6-9-19)27(30)26(29)20-12-14-21(15-13-20)28(2)3/h4-17H,1-3H3. The predicted molar refractivity (Wildman–Crippen MR) is 129 cm³/mol. The number of thiophene rings is 1. The summed E-state index contributed by atoms with van der Waals surface area (Å²) >= 11 is 1.64. The second-order valence-corrected chi connectivity index (χ2v) is 8.59. The summed E-state index contributed by atoms with van der Waals surface area (Å²) in [6, 6.07) is 24.7. The fourth-order valence-corrected chi connectivity index (χ4v) is 4.53. The number of hydrogen-bond donors (Lipinski definition) is 0. The predicted octanol–water partition coefficient (Wildman–Crippen LogP) is 6.52. The summed E-state index contributed by atoms with van der Waals surface area (Å²) in [7, 11) is 3.87. The topological polar surface area (TPSA) is 37.4 Å². The van der Waals surface area contributed by atoms with Crippen molar-refractivity contribution in [1.29, 1.82) is 0 Å². The number of aryl methyl sites for hydroxylation is 1. The average molecular weight is 426 g/mol. The number of benzene rings is 3. The van der Waals surface area contributed by atoms with Crippen LogP contribution in [0.5, 0.6) is 0 Å². The minimum absolute atomic E-state index is 0.395. The van der Waals surface area contributed by atoms with E-state index >= 15 is 0 Å². The Balaban J connectivity index is 1.82. The van der Waals surface area contributed by atoms with Gasteiger partial charge in [-0.3, -0.25) is 9.59 Å². The Labute approximate surface area is 186 Å². The van der Waals surface area contributed by atoms with E-state index in [1.165, 1.54) is 5.56 Å². The summed E-state index contributed by atoms with van der Waals surface area (Å²) in [6.45, 7) is 2.05. The Morgan fingerprint density at radius 1 is 0.806 bits per heavy atom. The molecule has 4 heteroatoms. The monoisotopic (exact) mass is 425 g/mol. The van der Waals surface area contributed by atoms with Gasteiger partial charge in [0.2, 0.25) is 11.6 Å². The second kappa shape index (κ2) is 8.70. The van der Waals surface area contributed by atoms with E-state index in [-0.39, 0.29) is 0 Å². The lowest BCUT2D eigenvalue weighted by molar-refractivity contribution is 0.0817. The van der Waals surface area contributed by atoms with Gasteiger partial charge in [0, 0.05) is 46.9 Å². The van der Waals surface area contributed by atoms with Crippen LogP contribution in [0.3, 0.4) is 0 Å². The van der Waals surface area contributed by atoms with Crippen LogP contribution in [0.2, 0.25) is 0 Å². The number of rotatable bonds is 6. The van der Waals surface area contributed by atoms with Crippen molar-refractivity contribution in [2.24, 2.45) is 0 Å². The quantitative estimate of drug-likeness (QED) is 0.261. The zero-order chi connectivity index (χ0) is 22.0. The molecule has 154 valence electrons. The third-order valence-corrected chi connectivity index (χ3v) is 6.30. The highest BCUT2D eigenvalue weighted by Crippen LogP contribution is 2.38. The van der Waals surface area contributed by atoms with E-state index in [2.05, 4.69) is 18.4 Å². The van der Waals surface area contributed by atoms with Crippen LogP contribution in [-0.2, 0) is 0 Å². The minimum atomic E-state index is -0.498. The summed E-state index contributed by atoms with van der Waals surface area (Å²) < 4.78 is 0. The normalized spacial score (nSPS) is 10.7. The van der Waals surface area contributed by atoms with Crippen molar-refractivity contribution in [1.82, 2.24) is 0 Å². The first kappa shape index (κ1) is 20.8. The number of ketones is 2. The molecule has 3 nitrogen and oxygen atoms in total. The molecule has 0 unspecified atom stereocenters. The molecule has 0 N–H and O–H groups in total. The smallest absolute Gasteiger partial charge is 0.234 e. The Kier molecular flexibility index (Phi) is 5.83. The fourth-order valence-electron chi connectivity index (χ4n) is 3.60. The number of carbonyl (C=O) groups excluding carboxylic acids is 2. The summed E-state index contributed by atoms with van der Waals surface area (Å²) in [5, 5.41) is 2.09. The first-order valence-corrected chi connectivity index (χ1v) is 10.9. The Morgan fingerprint density at radius 2 is 1.52 bits per heavy atom. The third kappa shape index (κ3) is 4.21. The van der Waals surface area contributed by atoms with Crippen LogP contribution in [0.1, 0.15) is 26.3 Å². The molecule has 0 radical (unpaired) electrons.